The summed E-state index contributed by atoms with van der Waals surface area (Å²) in [4.78, 5) is 75.2. The number of nitrogens with two attached hydrogens (primary N) is 4. The summed E-state index contributed by atoms with van der Waals surface area (Å²) in [6, 6.07) is 2.98. The summed E-state index contributed by atoms with van der Waals surface area (Å²) in [5, 5.41) is 23.0. The molecule has 3 saturated carbocycles. The highest BCUT2D eigenvalue weighted by Crippen LogP contribution is 2.65. The van der Waals surface area contributed by atoms with Crippen LogP contribution in [0.5, 0.6) is 0 Å². The summed E-state index contributed by atoms with van der Waals surface area (Å²) in [7, 11) is -0.903. The first-order chi connectivity index (χ1) is 29.4. The molecule has 5 amide bonds. The number of unbranched alkanes of at least 4 members (excludes halogenated alkanes) is 2. The van der Waals surface area contributed by atoms with Crippen LogP contribution >= 0.6 is 0 Å². The lowest BCUT2D eigenvalue weighted by Gasteiger charge is -2.64. The first-order valence-electron chi connectivity index (χ1n) is 21.8. The third-order valence-electron chi connectivity index (χ3n) is 12.8. The third kappa shape index (κ3) is 11.3. The number of hydrogen-bond acceptors (Lipinski definition) is 14. The van der Waals surface area contributed by atoms with Crippen molar-refractivity contribution >= 4 is 36.7 Å². The van der Waals surface area contributed by atoms with Gasteiger partial charge in [0.2, 0.25) is 23.5 Å². The van der Waals surface area contributed by atoms with Crippen molar-refractivity contribution in [3.63, 3.8) is 0 Å². The van der Waals surface area contributed by atoms with E-state index in [-0.39, 0.29) is 42.6 Å². The maximum atomic E-state index is 13.6. The molecule has 0 spiro atoms. The second-order valence-electron chi connectivity index (χ2n) is 17.6. The number of benzene rings is 1. The molecule has 4 aliphatic rings. The van der Waals surface area contributed by atoms with Crippen LogP contribution in [0.2, 0.25) is 0 Å². The van der Waals surface area contributed by atoms with Crippen molar-refractivity contribution in [2.45, 2.75) is 141 Å². The second kappa shape index (κ2) is 21.2. The molecule has 1 aliphatic heterocycles. The van der Waals surface area contributed by atoms with Crippen molar-refractivity contribution in [3.05, 3.63) is 48.0 Å². The number of carbonyl (C=O) groups is 5. The lowest BCUT2D eigenvalue weighted by atomic mass is 9.43. The highest BCUT2D eigenvalue weighted by molar-refractivity contribution is 6.47. The summed E-state index contributed by atoms with van der Waals surface area (Å²) < 4.78 is 12.6. The molecule has 1 unspecified atom stereocenters. The molecule has 1 saturated heterocycles. The average Bonchev–Trinajstić information content (AvgIpc) is 3.61. The smallest absolute Gasteiger partial charge is 0.403 e. The Morgan fingerprint density at radius 2 is 1.48 bits per heavy atom. The number of hydrogen-bond donors (Lipinski definition) is 10. The number of carbonyl (C=O) groups excluding carboxylic acids is 5. The van der Waals surface area contributed by atoms with Gasteiger partial charge >= 0.3 is 7.12 Å². The van der Waals surface area contributed by atoms with Gasteiger partial charge in [0.15, 0.2) is 6.17 Å². The summed E-state index contributed by atoms with van der Waals surface area (Å²) >= 11 is 0. The number of nitrogens with one attached hydrogen (secondary N) is 5. The third-order valence-corrected chi connectivity index (χ3v) is 12.8. The van der Waals surface area contributed by atoms with Gasteiger partial charge in [-0.05, 0) is 107 Å². The Labute approximate surface area is 363 Å². The van der Waals surface area contributed by atoms with E-state index in [2.05, 4.69) is 57.3 Å². The molecule has 62 heavy (non-hydrogen) atoms. The minimum Gasteiger partial charge on any atom is -0.403 e. The second-order valence-corrected chi connectivity index (χ2v) is 17.6. The molecule has 1 aromatic heterocycles. The molecule has 1 aromatic carbocycles. The van der Waals surface area contributed by atoms with Gasteiger partial charge in [0.05, 0.1) is 17.8 Å². The molecule has 2 heterocycles. The summed E-state index contributed by atoms with van der Waals surface area (Å²) in [6.07, 6.45) is 5.91. The predicted octanol–water partition coefficient (Wildman–Crippen LogP) is -0.518. The first kappa shape index (κ1) is 48.5. The van der Waals surface area contributed by atoms with Crippen LogP contribution in [0.25, 0.3) is 11.1 Å². The van der Waals surface area contributed by atoms with Gasteiger partial charge in [-0.25, -0.2) is 9.97 Å². The van der Waals surface area contributed by atoms with Crippen LogP contribution < -0.4 is 49.5 Å². The molecule has 20 heteroatoms. The maximum absolute atomic E-state index is 13.6. The Bertz CT molecular complexity index is 1870. The highest BCUT2D eigenvalue weighted by Gasteiger charge is 2.68. The van der Waals surface area contributed by atoms with E-state index in [1.165, 1.54) is 24.9 Å². The molecule has 0 radical (unpaired) electrons. The van der Waals surface area contributed by atoms with Crippen LogP contribution in [0.3, 0.4) is 0 Å². The molecule has 6 rings (SSSR count). The average molecular weight is 864 g/mol. The van der Waals surface area contributed by atoms with Crippen LogP contribution in [0.4, 0.5) is 0 Å². The SMILES string of the molecule is CCCCc1ccc(-c2cnc(C(=O)N[C@@H](CCN)C(=O)N[C@H](C(=O)N[C@@H](N)C(=O)N[C@@H](CCCCN)C(=O)N[C@@H](N)B3OC4C[C@@H]5C[C@@H](C5(C)C)[C@]4(C)O3)[C@@H](C)O)nc2)cc1. The molecule has 14 N–H and O–H groups in total. The van der Waals surface area contributed by atoms with Gasteiger partial charge in [-0.2, -0.15) is 0 Å². The number of rotatable bonds is 22. The Morgan fingerprint density at radius 1 is 0.823 bits per heavy atom. The molecule has 10 atom stereocenters. The summed E-state index contributed by atoms with van der Waals surface area (Å²) in [6.45, 7) is 10.2. The van der Waals surface area contributed by atoms with Crippen molar-refractivity contribution in [2.24, 2.45) is 40.2 Å². The first-order valence-corrected chi connectivity index (χ1v) is 21.8. The molecule has 3 aliphatic carbocycles. The normalized spacial score (nSPS) is 23.9. The minimum absolute atomic E-state index is 0.0201. The lowest BCUT2D eigenvalue weighted by Crippen LogP contribution is -2.65. The Hall–Kier alpha value is -4.57. The molecule has 340 valence electrons. The van der Waals surface area contributed by atoms with Gasteiger partial charge in [0.25, 0.3) is 11.8 Å². The Kier molecular flexibility index (Phi) is 16.6. The Morgan fingerprint density at radius 3 is 2.10 bits per heavy atom. The van der Waals surface area contributed by atoms with Crippen molar-refractivity contribution in [2.75, 3.05) is 13.1 Å². The topological polar surface area (TPSA) is 314 Å². The van der Waals surface area contributed by atoms with Crippen molar-refractivity contribution < 1.29 is 38.4 Å². The van der Waals surface area contributed by atoms with Crippen molar-refractivity contribution in [1.29, 1.82) is 0 Å². The number of nitrogens with zero attached hydrogens (tertiary/aromatic N) is 2. The van der Waals surface area contributed by atoms with E-state index >= 15 is 0 Å². The number of aliphatic hydroxyl groups is 1. The standard InChI is InChI=1S/C42H66BN11O8/c1-6-7-10-24-12-14-25(15-13-24)26-21-48-34(49-22-26)39(60)51-29(16-18-45)35(56)52-32(23(2)55)37(58)53-33(46)38(59)50-28(11-8-9-17-44)36(57)54-40(47)43-61-31-20-27-19-30(41(27,3)4)42(31,5)62-43/h12-15,21-23,27-33,40,55H,6-11,16-20,44-47H2,1-5H3,(H,50,59)(H,51,60)(H,52,56)(H,53,58)(H,54,57)/t23-,27+,28+,29+,30+,31?,32+,33-,40-,42+/m1/s1. The fraction of sp³-hybridized carbons (Fsp3) is 0.643. The minimum atomic E-state index is -1.71. The van der Waals surface area contributed by atoms with Crippen LogP contribution in [0, 0.1) is 17.3 Å². The molecule has 19 nitrogen and oxygen atoms in total. The van der Waals surface area contributed by atoms with E-state index in [1.54, 1.807) is 0 Å². The van der Waals surface area contributed by atoms with Gasteiger partial charge in [0, 0.05) is 18.0 Å². The van der Waals surface area contributed by atoms with Gasteiger partial charge in [-0.15, -0.1) is 0 Å². The maximum Gasteiger partial charge on any atom is 0.497 e. The summed E-state index contributed by atoms with van der Waals surface area (Å²) in [5.74, 6) is -3.55. The van der Waals surface area contributed by atoms with Crippen molar-refractivity contribution in [3.8, 4) is 11.1 Å². The number of aryl methyl sites for hydroxylation is 1. The van der Waals surface area contributed by atoms with E-state index < -0.39 is 78.7 Å². The predicted molar refractivity (Wildman–Crippen MR) is 232 cm³/mol. The van der Waals surface area contributed by atoms with E-state index in [4.69, 9.17) is 32.2 Å². The van der Waals surface area contributed by atoms with E-state index in [0.717, 1.165) is 37.7 Å². The highest BCUT2D eigenvalue weighted by atomic mass is 16.7. The number of aliphatic hydroxyl groups excluding tert-OH is 1. The van der Waals surface area contributed by atoms with Crippen LogP contribution in [-0.4, -0.2) is 113 Å². The van der Waals surface area contributed by atoms with Crippen molar-refractivity contribution in [1.82, 2.24) is 36.6 Å². The molecule has 4 fully saturated rings. The largest absolute Gasteiger partial charge is 0.497 e. The molecule has 2 bridgehead atoms. The van der Waals surface area contributed by atoms with E-state index in [1.807, 2.05) is 31.2 Å². The van der Waals surface area contributed by atoms with Crippen LogP contribution in [0.1, 0.15) is 102 Å². The summed E-state index contributed by atoms with van der Waals surface area (Å²) in [5.41, 5.74) is 26.3. The quantitative estimate of drug-likeness (QED) is 0.0405. The van der Waals surface area contributed by atoms with E-state index in [0.29, 0.717) is 30.9 Å². The van der Waals surface area contributed by atoms with Gasteiger partial charge in [-0.3, -0.25) is 24.0 Å². The fourth-order valence-corrected chi connectivity index (χ4v) is 8.87. The van der Waals surface area contributed by atoms with Gasteiger partial charge < -0.3 is 63.9 Å². The lowest BCUT2D eigenvalue weighted by molar-refractivity contribution is -0.199. The zero-order valence-electron chi connectivity index (χ0n) is 36.5. The zero-order chi connectivity index (χ0) is 45.4. The van der Waals surface area contributed by atoms with E-state index in [9.17, 15) is 29.1 Å². The number of amides is 5. The molecule has 2 aromatic rings. The molecular formula is C42H66BN11O8. The zero-order valence-corrected chi connectivity index (χ0v) is 36.5. The monoisotopic (exact) mass is 864 g/mol. The van der Waals surface area contributed by atoms with Crippen LogP contribution in [0.15, 0.2) is 36.7 Å². The van der Waals surface area contributed by atoms with Gasteiger partial charge in [-0.1, -0.05) is 51.5 Å². The molecular weight excluding hydrogens is 797 g/mol. The Balaban J connectivity index is 1.15. The van der Waals surface area contributed by atoms with Gasteiger partial charge in [0.1, 0.15) is 24.2 Å². The number of aromatic nitrogens is 2. The van der Waals surface area contributed by atoms with Crippen LogP contribution in [-0.2, 0) is 34.9 Å². The fourth-order valence-electron chi connectivity index (χ4n) is 8.87.